The van der Waals surface area contributed by atoms with Crippen molar-refractivity contribution >= 4 is 27.7 Å². The highest BCUT2D eigenvalue weighted by Crippen LogP contribution is 2.27. The second-order valence-electron chi connectivity index (χ2n) is 6.46. The molecule has 122 valence electrons. The van der Waals surface area contributed by atoms with Gasteiger partial charge in [0.1, 0.15) is 0 Å². The molecule has 1 aliphatic heterocycles. The molecule has 1 aromatic heterocycles. The fraction of sp³-hybridized carbons (Fsp3) is 0.600. The van der Waals surface area contributed by atoms with Crippen molar-refractivity contribution in [3.63, 3.8) is 0 Å². The fourth-order valence-corrected chi connectivity index (χ4v) is 2.89. The number of carbonyl (C=O) groups is 2. The van der Waals surface area contributed by atoms with Crippen molar-refractivity contribution in [2.24, 2.45) is 11.1 Å². The van der Waals surface area contributed by atoms with Gasteiger partial charge in [-0.2, -0.15) is 0 Å². The lowest BCUT2D eigenvalue weighted by atomic mass is 9.79. The first-order chi connectivity index (χ1) is 10.2. The first-order valence-electron chi connectivity index (χ1n) is 7.25. The SMILES string of the molecule is CN(CC(=O)N1CCC(N)C(C)(C)C1)C(=O)c1ccc(Br)o1. The monoisotopic (exact) mass is 371 g/mol. The van der Waals surface area contributed by atoms with Crippen LogP contribution in [-0.2, 0) is 4.79 Å². The van der Waals surface area contributed by atoms with Gasteiger partial charge in [0.05, 0.1) is 6.54 Å². The molecule has 0 aliphatic carbocycles. The van der Waals surface area contributed by atoms with Crippen molar-refractivity contribution in [1.29, 1.82) is 0 Å². The Morgan fingerprint density at radius 3 is 2.73 bits per heavy atom. The number of nitrogens with zero attached hydrogens (tertiary/aromatic N) is 2. The van der Waals surface area contributed by atoms with Crippen molar-refractivity contribution in [2.45, 2.75) is 26.3 Å². The highest BCUT2D eigenvalue weighted by Gasteiger charge is 2.35. The van der Waals surface area contributed by atoms with Crippen LogP contribution in [0.25, 0.3) is 0 Å². The van der Waals surface area contributed by atoms with E-state index in [4.69, 9.17) is 10.2 Å². The highest BCUT2D eigenvalue weighted by molar-refractivity contribution is 9.10. The number of halogens is 1. The molecular formula is C15H22BrN3O3. The summed E-state index contributed by atoms with van der Waals surface area (Å²) in [6, 6.07) is 3.32. The maximum atomic E-state index is 12.4. The zero-order valence-electron chi connectivity index (χ0n) is 13.1. The summed E-state index contributed by atoms with van der Waals surface area (Å²) < 4.78 is 5.71. The van der Waals surface area contributed by atoms with Gasteiger partial charge in [-0.3, -0.25) is 9.59 Å². The van der Waals surface area contributed by atoms with E-state index >= 15 is 0 Å². The first-order valence-corrected chi connectivity index (χ1v) is 8.04. The number of furan rings is 1. The van der Waals surface area contributed by atoms with Crippen molar-refractivity contribution in [3.8, 4) is 0 Å². The Kier molecular flexibility index (Phi) is 4.97. The number of carbonyl (C=O) groups excluding carboxylic acids is 2. The van der Waals surface area contributed by atoms with Crippen LogP contribution in [-0.4, -0.2) is 54.3 Å². The van der Waals surface area contributed by atoms with Gasteiger partial charge in [-0.1, -0.05) is 13.8 Å². The molecule has 0 bridgehead atoms. The lowest BCUT2D eigenvalue weighted by molar-refractivity contribution is -0.135. The molecule has 2 amide bonds. The van der Waals surface area contributed by atoms with E-state index in [0.29, 0.717) is 17.8 Å². The third-order valence-electron chi connectivity index (χ3n) is 4.17. The fourth-order valence-electron chi connectivity index (χ4n) is 2.58. The Morgan fingerprint density at radius 1 is 1.50 bits per heavy atom. The van der Waals surface area contributed by atoms with E-state index in [1.807, 2.05) is 0 Å². The van der Waals surface area contributed by atoms with Crippen LogP contribution in [0.15, 0.2) is 21.2 Å². The molecule has 0 aromatic carbocycles. The van der Waals surface area contributed by atoms with Crippen LogP contribution in [0.5, 0.6) is 0 Å². The average Bonchev–Trinajstić information content (AvgIpc) is 2.87. The second-order valence-corrected chi connectivity index (χ2v) is 7.25. The molecule has 2 N–H and O–H groups in total. The van der Waals surface area contributed by atoms with Crippen LogP contribution in [0.1, 0.15) is 30.8 Å². The van der Waals surface area contributed by atoms with Gasteiger partial charge >= 0.3 is 0 Å². The number of nitrogens with two attached hydrogens (primary N) is 1. The van der Waals surface area contributed by atoms with E-state index in [1.54, 1.807) is 24.1 Å². The van der Waals surface area contributed by atoms with E-state index in [0.717, 1.165) is 6.42 Å². The molecule has 1 fully saturated rings. The maximum absolute atomic E-state index is 12.4. The number of hydrogen-bond acceptors (Lipinski definition) is 4. The summed E-state index contributed by atoms with van der Waals surface area (Å²) in [5, 5.41) is 0. The van der Waals surface area contributed by atoms with Crippen molar-refractivity contribution in [2.75, 3.05) is 26.7 Å². The molecule has 1 atom stereocenters. The quantitative estimate of drug-likeness (QED) is 0.876. The molecule has 1 unspecified atom stereocenters. The first kappa shape index (κ1) is 17.0. The standard InChI is InChI=1S/C15H22BrN3O3/c1-15(2)9-19(7-6-11(15)17)13(20)8-18(3)14(21)10-4-5-12(16)22-10/h4-5,11H,6-9,17H2,1-3H3. The summed E-state index contributed by atoms with van der Waals surface area (Å²) in [7, 11) is 1.59. The molecule has 0 radical (unpaired) electrons. The lowest BCUT2D eigenvalue weighted by Gasteiger charge is -2.42. The Morgan fingerprint density at radius 2 is 2.18 bits per heavy atom. The molecule has 2 heterocycles. The molecule has 2 rings (SSSR count). The minimum absolute atomic E-state index is 0.0302. The molecule has 1 aromatic rings. The van der Waals surface area contributed by atoms with Gasteiger partial charge in [-0.15, -0.1) is 0 Å². The summed E-state index contributed by atoms with van der Waals surface area (Å²) in [5.41, 5.74) is 5.97. The summed E-state index contributed by atoms with van der Waals surface area (Å²) in [6.07, 6.45) is 0.779. The Labute approximate surface area is 138 Å². The van der Waals surface area contributed by atoms with Crippen LogP contribution in [0.4, 0.5) is 0 Å². The van der Waals surface area contributed by atoms with Crippen LogP contribution < -0.4 is 5.73 Å². The Balaban J connectivity index is 1.95. The number of amides is 2. The zero-order valence-corrected chi connectivity index (χ0v) is 14.7. The molecule has 1 saturated heterocycles. The minimum Gasteiger partial charge on any atom is -0.444 e. The molecule has 22 heavy (non-hydrogen) atoms. The van der Waals surface area contributed by atoms with Crippen LogP contribution in [0, 0.1) is 5.41 Å². The Hall–Kier alpha value is -1.34. The molecular weight excluding hydrogens is 350 g/mol. The molecule has 6 nitrogen and oxygen atoms in total. The van der Waals surface area contributed by atoms with Gasteiger partial charge in [0.2, 0.25) is 5.91 Å². The molecule has 7 heteroatoms. The van der Waals surface area contributed by atoms with Crippen molar-refractivity contribution < 1.29 is 14.0 Å². The number of hydrogen-bond donors (Lipinski definition) is 1. The van der Waals surface area contributed by atoms with Crippen molar-refractivity contribution in [3.05, 3.63) is 22.6 Å². The van der Waals surface area contributed by atoms with Gasteiger partial charge in [0, 0.05) is 26.2 Å². The van der Waals surface area contributed by atoms with E-state index in [1.165, 1.54) is 4.90 Å². The second kappa shape index (κ2) is 6.42. The smallest absolute Gasteiger partial charge is 0.289 e. The van der Waals surface area contributed by atoms with Crippen LogP contribution in [0.2, 0.25) is 0 Å². The van der Waals surface area contributed by atoms with Crippen LogP contribution >= 0.6 is 15.9 Å². The van der Waals surface area contributed by atoms with Gasteiger partial charge in [-0.25, -0.2) is 0 Å². The average molecular weight is 372 g/mol. The number of likely N-dealkylation sites (N-methyl/N-ethyl adjacent to an activating group) is 1. The van der Waals surface area contributed by atoms with Gasteiger partial charge in [-0.05, 0) is 39.9 Å². The van der Waals surface area contributed by atoms with Gasteiger partial charge in [0.15, 0.2) is 10.4 Å². The summed E-state index contributed by atoms with van der Waals surface area (Å²) in [4.78, 5) is 27.7. The van der Waals surface area contributed by atoms with E-state index < -0.39 is 0 Å². The topological polar surface area (TPSA) is 79.8 Å². The maximum Gasteiger partial charge on any atom is 0.289 e. The third kappa shape index (κ3) is 3.70. The summed E-state index contributed by atoms with van der Waals surface area (Å²) in [6.45, 7) is 5.40. The predicted molar refractivity (Wildman–Crippen MR) is 86.3 cm³/mol. The largest absolute Gasteiger partial charge is 0.444 e. The Bertz CT molecular complexity index is 570. The van der Waals surface area contributed by atoms with E-state index in [2.05, 4.69) is 29.8 Å². The molecule has 1 aliphatic rings. The lowest BCUT2D eigenvalue weighted by Crippen LogP contribution is -2.55. The summed E-state index contributed by atoms with van der Waals surface area (Å²) >= 11 is 3.16. The predicted octanol–water partition coefficient (Wildman–Crippen LogP) is 1.70. The number of likely N-dealkylation sites (tertiary alicyclic amines) is 1. The van der Waals surface area contributed by atoms with Crippen LogP contribution in [0.3, 0.4) is 0 Å². The minimum atomic E-state index is -0.313. The van der Waals surface area contributed by atoms with Gasteiger partial charge in [0.25, 0.3) is 5.91 Å². The number of piperidine rings is 1. The third-order valence-corrected chi connectivity index (χ3v) is 4.59. The van der Waals surface area contributed by atoms with Gasteiger partial charge < -0.3 is 20.0 Å². The number of rotatable bonds is 3. The highest BCUT2D eigenvalue weighted by atomic mass is 79.9. The van der Waals surface area contributed by atoms with Crippen molar-refractivity contribution in [1.82, 2.24) is 9.80 Å². The molecule has 0 spiro atoms. The molecule has 0 saturated carbocycles. The van der Waals surface area contributed by atoms with E-state index in [-0.39, 0.29) is 35.6 Å². The zero-order chi connectivity index (χ0) is 16.5. The summed E-state index contributed by atoms with van der Waals surface area (Å²) in [5.74, 6) is -0.170. The normalized spacial score (nSPS) is 20.8. The van der Waals surface area contributed by atoms with E-state index in [9.17, 15) is 9.59 Å².